The van der Waals surface area contributed by atoms with Crippen LogP contribution in [-0.2, 0) is 4.79 Å². The molecule has 0 radical (unpaired) electrons. The molecule has 4 nitrogen and oxygen atoms in total. The Labute approximate surface area is 138 Å². The molecule has 1 N–H and O–H groups in total. The third-order valence-electron chi connectivity index (χ3n) is 2.81. The number of anilines is 1. The number of hydrogen-bond donors (Lipinski definition) is 1. The lowest BCUT2D eigenvalue weighted by Crippen LogP contribution is -2.20. The van der Waals surface area contributed by atoms with Gasteiger partial charge in [-0.05, 0) is 42.8 Å². The fourth-order valence-electron chi connectivity index (χ4n) is 1.77. The highest BCUT2D eigenvalue weighted by Crippen LogP contribution is 2.24. The van der Waals surface area contributed by atoms with E-state index in [1.54, 1.807) is 12.1 Å². The molecule has 0 saturated heterocycles. The predicted octanol–water partition coefficient (Wildman–Crippen LogP) is 4.26. The summed E-state index contributed by atoms with van der Waals surface area (Å²) in [5.74, 6) is 1.09. The van der Waals surface area contributed by atoms with Crippen LogP contribution < -0.4 is 14.8 Å². The molecule has 1 amide bonds. The quantitative estimate of drug-likeness (QED) is 0.799. The van der Waals surface area contributed by atoms with Crippen LogP contribution in [0.2, 0.25) is 0 Å². The van der Waals surface area contributed by atoms with Gasteiger partial charge in [0.15, 0.2) is 6.61 Å². The van der Waals surface area contributed by atoms with Gasteiger partial charge in [0.2, 0.25) is 0 Å². The van der Waals surface area contributed by atoms with Crippen molar-refractivity contribution in [1.82, 2.24) is 0 Å². The zero-order valence-corrected chi connectivity index (χ0v) is 13.9. The van der Waals surface area contributed by atoms with Gasteiger partial charge in [-0.3, -0.25) is 4.79 Å². The molecule has 116 valence electrons. The second kappa shape index (κ2) is 8.44. The molecule has 22 heavy (non-hydrogen) atoms. The third kappa shape index (κ3) is 5.07. The topological polar surface area (TPSA) is 47.6 Å². The molecule has 0 unspecified atom stereocenters. The van der Waals surface area contributed by atoms with Crippen molar-refractivity contribution in [2.45, 2.75) is 13.3 Å². The predicted molar refractivity (Wildman–Crippen MR) is 90.5 cm³/mol. The molecule has 0 aliphatic carbocycles. The van der Waals surface area contributed by atoms with Gasteiger partial charge in [-0.15, -0.1) is 0 Å². The molecule has 0 aromatic heterocycles. The molecule has 0 saturated carbocycles. The summed E-state index contributed by atoms with van der Waals surface area (Å²) in [4.78, 5) is 12.0. The lowest BCUT2D eigenvalue weighted by Gasteiger charge is -2.12. The first kappa shape index (κ1) is 16.4. The maximum atomic E-state index is 12.0. The van der Waals surface area contributed by atoms with Crippen LogP contribution in [0.25, 0.3) is 0 Å². The first-order chi connectivity index (χ1) is 10.7. The van der Waals surface area contributed by atoms with Gasteiger partial charge in [-0.1, -0.05) is 35.0 Å². The van der Waals surface area contributed by atoms with Crippen molar-refractivity contribution in [3.8, 4) is 11.5 Å². The van der Waals surface area contributed by atoms with E-state index in [1.165, 1.54) is 0 Å². The minimum atomic E-state index is -0.226. The first-order valence-corrected chi connectivity index (χ1v) is 7.88. The van der Waals surface area contributed by atoms with Gasteiger partial charge in [-0.25, -0.2) is 0 Å². The molecule has 0 atom stereocenters. The highest BCUT2D eigenvalue weighted by atomic mass is 79.9. The summed E-state index contributed by atoms with van der Waals surface area (Å²) in [6, 6.07) is 14.7. The Kier molecular flexibility index (Phi) is 6.27. The van der Waals surface area contributed by atoms with Gasteiger partial charge < -0.3 is 14.8 Å². The number of amides is 1. The summed E-state index contributed by atoms with van der Waals surface area (Å²) in [5.41, 5.74) is 0.653. The summed E-state index contributed by atoms with van der Waals surface area (Å²) >= 11 is 3.35. The van der Waals surface area contributed by atoms with E-state index in [1.807, 2.05) is 43.3 Å². The van der Waals surface area contributed by atoms with E-state index >= 15 is 0 Å². The fourth-order valence-corrected chi connectivity index (χ4v) is 2.04. The van der Waals surface area contributed by atoms with Crippen molar-refractivity contribution in [3.05, 3.63) is 53.0 Å². The fraction of sp³-hybridized carbons (Fsp3) is 0.235. The summed E-state index contributed by atoms with van der Waals surface area (Å²) < 4.78 is 12.0. The Hall–Kier alpha value is -2.01. The summed E-state index contributed by atoms with van der Waals surface area (Å²) in [6.45, 7) is 2.60. The molecule has 5 heteroatoms. The minimum absolute atomic E-state index is 0.0518. The second-order valence-corrected chi connectivity index (χ2v) is 5.55. The van der Waals surface area contributed by atoms with Crippen molar-refractivity contribution in [1.29, 1.82) is 0 Å². The first-order valence-electron chi connectivity index (χ1n) is 7.09. The lowest BCUT2D eigenvalue weighted by molar-refractivity contribution is -0.118. The summed E-state index contributed by atoms with van der Waals surface area (Å²) in [7, 11) is 0. The number of nitrogens with one attached hydrogen (secondary N) is 1. The minimum Gasteiger partial charge on any atom is -0.491 e. The molecule has 0 fully saturated rings. The van der Waals surface area contributed by atoms with Crippen molar-refractivity contribution in [2.75, 3.05) is 18.5 Å². The van der Waals surface area contributed by atoms with Crippen molar-refractivity contribution < 1.29 is 14.3 Å². The largest absolute Gasteiger partial charge is 0.491 e. The Morgan fingerprint density at radius 3 is 2.55 bits per heavy atom. The number of benzene rings is 2. The second-order valence-electron chi connectivity index (χ2n) is 4.64. The van der Waals surface area contributed by atoms with Crippen LogP contribution in [0.1, 0.15) is 13.3 Å². The van der Waals surface area contributed by atoms with Gasteiger partial charge in [0, 0.05) is 4.47 Å². The van der Waals surface area contributed by atoms with Crippen LogP contribution in [0, 0.1) is 0 Å². The Morgan fingerprint density at radius 2 is 1.82 bits per heavy atom. The smallest absolute Gasteiger partial charge is 0.262 e. The Balaban J connectivity index is 1.90. The molecule has 0 spiro atoms. The molecule has 0 bridgehead atoms. The van der Waals surface area contributed by atoms with E-state index in [9.17, 15) is 4.79 Å². The van der Waals surface area contributed by atoms with Crippen molar-refractivity contribution in [3.63, 3.8) is 0 Å². The summed E-state index contributed by atoms with van der Waals surface area (Å²) in [5, 5.41) is 2.80. The van der Waals surface area contributed by atoms with Gasteiger partial charge >= 0.3 is 0 Å². The Morgan fingerprint density at radius 1 is 1.09 bits per heavy atom. The maximum Gasteiger partial charge on any atom is 0.262 e. The van der Waals surface area contributed by atoms with E-state index < -0.39 is 0 Å². The van der Waals surface area contributed by atoms with E-state index in [4.69, 9.17) is 9.47 Å². The number of para-hydroxylation sites is 2. The van der Waals surface area contributed by atoms with Gasteiger partial charge in [0.1, 0.15) is 11.5 Å². The zero-order chi connectivity index (χ0) is 15.8. The van der Waals surface area contributed by atoms with E-state index in [-0.39, 0.29) is 12.5 Å². The SMILES string of the molecule is CCCOc1ccccc1NC(=O)COc1ccc(Br)cc1. The maximum absolute atomic E-state index is 12.0. The van der Waals surface area contributed by atoms with Gasteiger partial charge in [0.25, 0.3) is 5.91 Å². The van der Waals surface area contributed by atoms with Crippen LogP contribution in [0.3, 0.4) is 0 Å². The Bertz CT molecular complexity index is 614. The average Bonchev–Trinajstić information content (AvgIpc) is 2.53. The third-order valence-corrected chi connectivity index (χ3v) is 3.34. The zero-order valence-electron chi connectivity index (χ0n) is 12.3. The van der Waals surface area contributed by atoms with Crippen molar-refractivity contribution >= 4 is 27.5 Å². The molecule has 2 aromatic rings. The number of ether oxygens (including phenoxy) is 2. The van der Waals surface area contributed by atoms with E-state index in [2.05, 4.69) is 21.2 Å². The van der Waals surface area contributed by atoms with Gasteiger partial charge in [-0.2, -0.15) is 0 Å². The normalized spacial score (nSPS) is 10.1. The highest BCUT2D eigenvalue weighted by Gasteiger charge is 2.08. The molecule has 2 aromatic carbocycles. The number of halogens is 1. The average molecular weight is 364 g/mol. The van der Waals surface area contributed by atoms with E-state index in [0.29, 0.717) is 23.8 Å². The van der Waals surface area contributed by atoms with Gasteiger partial charge in [0.05, 0.1) is 12.3 Å². The molecular formula is C17H18BrNO3. The molecule has 0 aliphatic rings. The standard InChI is InChI=1S/C17H18BrNO3/c1-2-11-21-16-6-4-3-5-15(16)19-17(20)12-22-14-9-7-13(18)8-10-14/h3-10H,2,11-12H2,1H3,(H,19,20). The molecule has 0 aliphatic heterocycles. The molecule has 0 heterocycles. The number of hydrogen-bond acceptors (Lipinski definition) is 3. The van der Waals surface area contributed by atoms with Crippen molar-refractivity contribution in [2.24, 2.45) is 0 Å². The molecule has 2 rings (SSSR count). The van der Waals surface area contributed by atoms with Crippen LogP contribution in [0.4, 0.5) is 5.69 Å². The lowest BCUT2D eigenvalue weighted by atomic mass is 10.3. The number of carbonyl (C=O) groups excluding carboxylic acids is 1. The van der Waals surface area contributed by atoms with E-state index in [0.717, 1.165) is 10.9 Å². The van der Waals surface area contributed by atoms with Crippen LogP contribution in [0.15, 0.2) is 53.0 Å². The van der Waals surface area contributed by atoms with Crippen LogP contribution in [0.5, 0.6) is 11.5 Å². The number of rotatable bonds is 7. The highest BCUT2D eigenvalue weighted by molar-refractivity contribution is 9.10. The monoisotopic (exact) mass is 363 g/mol. The number of carbonyl (C=O) groups is 1. The molecular weight excluding hydrogens is 346 g/mol. The van der Waals surface area contributed by atoms with Crippen LogP contribution >= 0.6 is 15.9 Å². The van der Waals surface area contributed by atoms with Crippen LogP contribution in [-0.4, -0.2) is 19.1 Å². The summed E-state index contributed by atoms with van der Waals surface area (Å²) in [6.07, 6.45) is 0.912.